The standard InChI is InChI=1S/C42H29N4O.Pt/c1-44-27-46(29-14-11-16-32(25-29)47-31-15-10-12-28(24-31)41-43-26-30-13-8-9-23-45(30)41)40-39(44)35-19-4-7-22-38(35)42(40)36-20-5-2-17-33(36)34-18-3-6-21-37(34)42;/h2-23,26-27,33,36H,1H3;/q-3;. The maximum Gasteiger partial charge on any atom is 0.0679 e. The summed E-state index contributed by atoms with van der Waals surface area (Å²) in [5.41, 5.74) is 10.4. The van der Waals surface area contributed by atoms with E-state index in [0.29, 0.717) is 17.4 Å². The Labute approximate surface area is 294 Å². The number of rotatable bonds is 4. The van der Waals surface area contributed by atoms with Gasteiger partial charge >= 0.3 is 0 Å². The smallest absolute Gasteiger partial charge is 0.0679 e. The summed E-state index contributed by atoms with van der Waals surface area (Å²) in [7, 11) is 2.15. The molecule has 4 aliphatic rings. The predicted molar refractivity (Wildman–Crippen MR) is 184 cm³/mol. The van der Waals surface area contributed by atoms with Crippen LogP contribution in [0.5, 0.6) is 11.5 Å². The van der Waals surface area contributed by atoms with E-state index in [1.807, 2.05) is 60.9 Å². The number of benzene rings is 4. The summed E-state index contributed by atoms with van der Waals surface area (Å²) in [5, 5.41) is 0. The molecule has 236 valence electrons. The SMILES string of the molecule is CN1[CH-]N(c2[c-]c(Oc3[c-]c(-c4ncc5ccccn45)ccc3)ccc2)C2=C1c1ccccc1C21c2ccccc2C2C=CC=CC21.[Pt]. The zero-order chi connectivity index (χ0) is 31.1. The molecule has 6 aromatic rings. The van der Waals surface area contributed by atoms with Crippen LogP contribution >= 0.6 is 0 Å². The number of nitrogens with zero attached hydrogens (tertiary/aromatic N) is 4. The number of hydrogen-bond donors (Lipinski definition) is 0. The van der Waals surface area contributed by atoms with Gasteiger partial charge in [-0.3, -0.25) is 4.98 Å². The molecule has 0 amide bonds. The molecule has 6 heteroatoms. The van der Waals surface area contributed by atoms with Crippen molar-refractivity contribution in [2.75, 3.05) is 11.9 Å². The summed E-state index contributed by atoms with van der Waals surface area (Å²) in [6.45, 7) is 2.20. The van der Waals surface area contributed by atoms with Crippen molar-refractivity contribution in [1.29, 1.82) is 0 Å². The van der Waals surface area contributed by atoms with E-state index in [1.54, 1.807) is 0 Å². The van der Waals surface area contributed by atoms with E-state index in [2.05, 4.69) is 124 Å². The molecule has 0 N–H and O–H groups in total. The summed E-state index contributed by atoms with van der Waals surface area (Å²) < 4.78 is 8.51. The molecule has 3 heterocycles. The summed E-state index contributed by atoms with van der Waals surface area (Å²) in [4.78, 5) is 9.26. The molecule has 48 heavy (non-hydrogen) atoms. The van der Waals surface area contributed by atoms with Crippen LogP contribution in [0.1, 0.15) is 28.2 Å². The minimum atomic E-state index is -0.352. The Balaban J connectivity index is 0.00000314. The molecule has 5 nitrogen and oxygen atoms in total. The maximum atomic E-state index is 6.45. The molecule has 0 saturated heterocycles. The van der Waals surface area contributed by atoms with E-state index in [1.165, 1.54) is 33.6 Å². The number of imidazole rings is 1. The average Bonchev–Trinajstić information content (AvgIpc) is 3.86. The zero-order valence-corrected chi connectivity index (χ0v) is 28.3. The van der Waals surface area contributed by atoms with Crippen LogP contribution in [0.15, 0.2) is 146 Å². The molecule has 0 fully saturated rings. The van der Waals surface area contributed by atoms with E-state index in [0.717, 1.165) is 22.6 Å². The van der Waals surface area contributed by atoms with Gasteiger partial charge in [-0.25, -0.2) is 0 Å². The average molecular weight is 801 g/mol. The van der Waals surface area contributed by atoms with Crippen molar-refractivity contribution in [1.82, 2.24) is 14.3 Å². The Hall–Kier alpha value is -5.12. The van der Waals surface area contributed by atoms with Crippen LogP contribution in [0.4, 0.5) is 5.69 Å². The Morgan fingerprint density at radius 2 is 1.56 bits per heavy atom. The van der Waals surface area contributed by atoms with Gasteiger partial charge in [0.25, 0.3) is 0 Å². The minimum Gasteiger partial charge on any atom is -0.504 e. The third-order valence-electron chi connectivity index (χ3n) is 10.1. The van der Waals surface area contributed by atoms with Gasteiger partial charge in [0, 0.05) is 73.8 Å². The fraction of sp³-hybridized carbons (Fsp3) is 0.0952. The van der Waals surface area contributed by atoms with Gasteiger partial charge in [0.1, 0.15) is 0 Å². The van der Waals surface area contributed by atoms with Crippen molar-refractivity contribution in [3.8, 4) is 22.9 Å². The van der Waals surface area contributed by atoms with Gasteiger partial charge in [0.2, 0.25) is 0 Å². The molecule has 10 rings (SSSR count). The first-order valence-corrected chi connectivity index (χ1v) is 16.0. The van der Waals surface area contributed by atoms with Crippen LogP contribution in [0, 0.1) is 24.7 Å². The van der Waals surface area contributed by atoms with Crippen molar-refractivity contribution >= 4 is 16.9 Å². The third-order valence-corrected chi connectivity index (χ3v) is 10.1. The van der Waals surface area contributed by atoms with Crippen molar-refractivity contribution < 1.29 is 25.8 Å². The van der Waals surface area contributed by atoms with Crippen molar-refractivity contribution in [3.63, 3.8) is 0 Å². The zero-order valence-electron chi connectivity index (χ0n) is 26.0. The van der Waals surface area contributed by atoms with Gasteiger partial charge < -0.3 is 18.9 Å². The molecule has 1 aliphatic heterocycles. The van der Waals surface area contributed by atoms with Crippen molar-refractivity contribution in [2.45, 2.75) is 11.3 Å². The quantitative estimate of drug-likeness (QED) is 0.167. The van der Waals surface area contributed by atoms with E-state index >= 15 is 0 Å². The number of fused-ring (bicyclic) bond motifs is 10. The molecular weight excluding hydrogens is 772 g/mol. The number of ether oxygens (including phenoxy) is 1. The summed E-state index contributed by atoms with van der Waals surface area (Å²) in [5.74, 6) is 2.62. The van der Waals surface area contributed by atoms with Gasteiger partial charge in [0.05, 0.1) is 16.8 Å². The molecule has 0 saturated carbocycles. The maximum absolute atomic E-state index is 6.45. The summed E-state index contributed by atoms with van der Waals surface area (Å²) in [6.07, 6.45) is 13.1. The van der Waals surface area contributed by atoms with Gasteiger partial charge in [-0.2, -0.15) is 12.7 Å². The first-order chi connectivity index (χ1) is 23.2. The number of allylic oxidation sites excluding steroid dienone is 5. The molecule has 2 aromatic heterocycles. The second-order valence-corrected chi connectivity index (χ2v) is 12.6. The van der Waals surface area contributed by atoms with E-state index < -0.39 is 0 Å². The Morgan fingerprint density at radius 1 is 0.792 bits per heavy atom. The molecule has 0 bridgehead atoms. The summed E-state index contributed by atoms with van der Waals surface area (Å²) in [6, 6.07) is 43.1. The normalized spacial score (nSPS) is 21.4. The van der Waals surface area contributed by atoms with Gasteiger partial charge in [-0.15, -0.1) is 47.6 Å². The molecule has 0 radical (unpaired) electrons. The molecule has 4 aromatic carbocycles. The van der Waals surface area contributed by atoms with Crippen LogP contribution in [0.3, 0.4) is 0 Å². The molecule has 3 unspecified atom stereocenters. The summed E-state index contributed by atoms with van der Waals surface area (Å²) >= 11 is 0. The van der Waals surface area contributed by atoms with E-state index in [-0.39, 0.29) is 32.4 Å². The largest absolute Gasteiger partial charge is 0.504 e. The van der Waals surface area contributed by atoms with Gasteiger partial charge in [-0.05, 0) is 35.9 Å². The Morgan fingerprint density at radius 3 is 2.48 bits per heavy atom. The molecular formula is C42H29N4OPt-3. The van der Waals surface area contributed by atoms with Gasteiger partial charge in [-0.1, -0.05) is 85.0 Å². The van der Waals surface area contributed by atoms with Crippen LogP contribution in [0.2, 0.25) is 0 Å². The molecule has 3 aliphatic carbocycles. The fourth-order valence-electron chi connectivity index (χ4n) is 8.40. The second kappa shape index (κ2) is 11.0. The molecule has 1 spiro atoms. The minimum absolute atomic E-state index is 0. The van der Waals surface area contributed by atoms with E-state index in [9.17, 15) is 0 Å². The van der Waals surface area contributed by atoms with Crippen LogP contribution < -0.4 is 9.64 Å². The number of pyridine rings is 1. The predicted octanol–water partition coefficient (Wildman–Crippen LogP) is 8.77. The second-order valence-electron chi connectivity index (χ2n) is 12.6. The molecule has 3 atom stereocenters. The first kappa shape index (κ1) is 29.1. The topological polar surface area (TPSA) is 33.0 Å². The van der Waals surface area contributed by atoms with Crippen LogP contribution in [-0.2, 0) is 26.5 Å². The van der Waals surface area contributed by atoms with Gasteiger partial charge in [0.15, 0.2) is 0 Å². The van der Waals surface area contributed by atoms with Crippen molar-refractivity contribution in [3.05, 3.63) is 187 Å². The Bertz CT molecular complexity index is 2340. The van der Waals surface area contributed by atoms with Crippen molar-refractivity contribution in [2.24, 2.45) is 5.92 Å². The fourth-order valence-corrected chi connectivity index (χ4v) is 8.40. The Kier molecular flexibility index (Phi) is 6.64. The number of anilines is 1. The number of aromatic nitrogens is 2. The van der Waals surface area contributed by atoms with E-state index in [4.69, 9.17) is 4.74 Å². The number of hydrogen-bond acceptors (Lipinski definition) is 4. The van der Waals surface area contributed by atoms with Crippen LogP contribution in [-0.4, -0.2) is 21.3 Å². The monoisotopic (exact) mass is 800 g/mol. The van der Waals surface area contributed by atoms with Crippen LogP contribution in [0.25, 0.3) is 22.6 Å². The first-order valence-electron chi connectivity index (χ1n) is 16.0. The third kappa shape index (κ3) is 3.98.